The zero-order chi connectivity index (χ0) is 11.7. The second-order valence-electron chi connectivity index (χ2n) is 5.21. The fraction of sp³-hybridized carbons (Fsp3) is 0.692. The molecule has 1 saturated carbocycles. The monoisotopic (exact) mass is 270 g/mol. The summed E-state index contributed by atoms with van der Waals surface area (Å²) in [5, 5.41) is 7.22. The average Bonchev–Trinajstić information content (AvgIpc) is 2.97. The van der Waals surface area contributed by atoms with Crippen LogP contribution >= 0.6 is 22.9 Å². The summed E-state index contributed by atoms with van der Waals surface area (Å²) in [6.07, 6.45) is 4.30. The minimum atomic E-state index is 0.693. The Bertz CT molecular complexity index is 379. The quantitative estimate of drug-likeness (QED) is 0.879. The Morgan fingerprint density at radius 2 is 2.35 bits per heavy atom. The first-order valence-electron chi connectivity index (χ1n) is 6.51. The standard InChI is InChI=1S/C13H19ClN2S/c14-13-5-4-10(17-13)7-15-8-12-11-3-1-2-9(11)6-16-12/h4-5,9,11-12,15-16H,1-3,6-8H2. The van der Waals surface area contributed by atoms with Gasteiger partial charge in [0.1, 0.15) is 0 Å². The van der Waals surface area contributed by atoms with Gasteiger partial charge < -0.3 is 10.6 Å². The third kappa shape index (κ3) is 2.68. The normalized spacial score (nSPS) is 31.9. The van der Waals surface area contributed by atoms with E-state index in [9.17, 15) is 0 Å². The van der Waals surface area contributed by atoms with E-state index in [1.165, 1.54) is 30.7 Å². The Morgan fingerprint density at radius 3 is 3.18 bits per heavy atom. The van der Waals surface area contributed by atoms with Crippen LogP contribution in [0.4, 0.5) is 0 Å². The number of fused-ring (bicyclic) bond motifs is 1. The number of rotatable bonds is 4. The highest BCUT2D eigenvalue weighted by molar-refractivity contribution is 7.16. The Kier molecular flexibility index (Phi) is 3.71. The topological polar surface area (TPSA) is 24.1 Å². The van der Waals surface area contributed by atoms with Crippen LogP contribution in [-0.4, -0.2) is 19.1 Å². The molecule has 4 heteroatoms. The molecule has 3 rings (SSSR count). The highest BCUT2D eigenvalue weighted by atomic mass is 35.5. The number of nitrogens with one attached hydrogen (secondary N) is 2. The first-order valence-corrected chi connectivity index (χ1v) is 7.70. The molecule has 1 aliphatic heterocycles. The van der Waals surface area contributed by atoms with Crippen LogP contribution in [0.25, 0.3) is 0 Å². The van der Waals surface area contributed by atoms with Gasteiger partial charge in [0, 0.05) is 24.0 Å². The summed E-state index contributed by atoms with van der Waals surface area (Å²) >= 11 is 7.59. The van der Waals surface area contributed by atoms with Crippen molar-refractivity contribution in [2.45, 2.75) is 31.8 Å². The second kappa shape index (κ2) is 5.27. The van der Waals surface area contributed by atoms with Gasteiger partial charge in [-0.15, -0.1) is 11.3 Å². The molecular weight excluding hydrogens is 252 g/mol. The van der Waals surface area contributed by atoms with Crippen molar-refractivity contribution < 1.29 is 0 Å². The van der Waals surface area contributed by atoms with E-state index >= 15 is 0 Å². The van der Waals surface area contributed by atoms with Crippen molar-refractivity contribution in [3.63, 3.8) is 0 Å². The van der Waals surface area contributed by atoms with Gasteiger partial charge in [0.2, 0.25) is 0 Å². The summed E-state index contributed by atoms with van der Waals surface area (Å²) in [5.41, 5.74) is 0. The Morgan fingerprint density at radius 1 is 1.41 bits per heavy atom. The highest BCUT2D eigenvalue weighted by Gasteiger charge is 2.38. The third-order valence-corrected chi connectivity index (χ3v) is 5.40. The van der Waals surface area contributed by atoms with Gasteiger partial charge >= 0.3 is 0 Å². The largest absolute Gasteiger partial charge is 0.312 e. The van der Waals surface area contributed by atoms with E-state index < -0.39 is 0 Å². The van der Waals surface area contributed by atoms with Crippen LogP contribution in [0.5, 0.6) is 0 Å². The van der Waals surface area contributed by atoms with Crippen LogP contribution in [0.2, 0.25) is 4.34 Å². The molecule has 1 aromatic rings. The third-order valence-electron chi connectivity index (χ3n) is 4.17. The van der Waals surface area contributed by atoms with Crippen LogP contribution in [0.1, 0.15) is 24.1 Å². The van der Waals surface area contributed by atoms with Crippen molar-refractivity contribution in [1.29, 1.82) is 0 Å². The summed E-state index contributed by atoms with van der Waals surface area (Å²) in [5.74, 6) is 1.88. The van der Waals surface area contributed by atoms with E-state index in [4.69, 9.17) is 11.6 Å². The van der Waals surface area contributed by atoms with Crippen LogP contribution in [0.3, 0.4) is 0 Å². The Labute approximate surface area is 112 Å². The summed E-state index contributed by atoms with van der Waals surface area (Å²) in [4.78, 5) is 1.33. The van der Waals surface area contributed by atoms with Crippen molar-refractivity contribution in [2.24, 2.45) is 11.8 Å². The van der Waals surface area contributed by atoms with Crippen LogP contribution in [0.15, 0.2) is 12.1 Å². The molecule has 3 atom stereocenters. The molecule has 0 radical (unpaired) electrons. The first-order chi connectivity index (χ1) is 8.33. The molecule has 17 heavy (non-hydrogen) atoms. The molecule has 2 nitrogen and oxygen atoms in total. The Hall–Kier alpha value is -0.0900. The molecular formula is C13H19ClN2S. The lowest BCUT2D eigenvalue weighted by molar-refractivity contribution is 0.393. The molecule has 0 bridgehead atoms. The van der Waals surface area contributed by atoms with Gasteiger partial charge in [-0.05, 0) is 43.4 Å². The lowest BCUT2D eigenvalue weighted by Gasteiger charge is -2.18. The summed E-state index contributed by atoms with van der Waals surface area (Å²) in [6.45, 7) is 3.28. The van der Waals surface area contributed by atoms with Crippen molar-refractivity contribution in [3.8, 4) is 0 Å². The highest BCUT2D eigenvalue weighted by Crippen LogP contribution is 2.37. The van der Waals surface area contributed by atoms with E-state index in [2.05, 4.69) is 16.7 Å². The number of hydrogen-bond acceptors (Lipinski definition) is 3. The smallest absolute Gasteiger partial charge is 0.0931 e. The Balaban J connectivity index is 1.45. The fourth-order valence-electron chi connectivity index (χ4n) is 3.32. The van der Waals surface area contributed by atoms with Gasteiger partial charge in [-0.1, -0.05) is 18.0 Å². The minimum absolute atomic E-state index is 0.693. The molecule has 2 aliphatic rings. The van der Waals surface area contributed by atoms with Crippen molar-refractivity contribution in [2.75, 3.05) is 13.1 Å². The predicted octanol–water partition coefficient (Wildman–Crippen LogP) is 2.88. The summed E-state index contributed by atoms with van der Waals surface area (Å²) < 4.78 is 0.886. The number of halogens is 1. The van der Waals surface area contributed by atoms with Crippen LogP contribution < -0.4 is 10.6 Å². The van der Waals surface area contributed by atoms with Crippen molar-refractivity contribution >= 4 is 22.9 Å². The molecule has 94 valence electrons. The summed E-state index contributed by atoms with van der Waals surface area (Å²) in [7, 11) is 0. The van der Waals surface area contributed by atoms with Crippen molar-refractivity contribution in [3.05, 3.63) is 21.3 Å². The van der Waals surface area contributed by atoms with E-state index in [0.717, 1.165) is 29.3 Å². The van der Waals surface area contributed by atoms with Crippen LogP contribution in [0, 0.1) is 11.8 Å². The lowest BCUT2D eigenvalue weighted by Crippen LogP contribution is -2.37. The zero-order valence-electron chi connectivity index (χ0n) is 9.92. The number of thiophene rings is 1. The molecule has 2 heterocycles. The number of hydrogen-bond donors (Lipinski definition) is 2. The minimum Gasteiger partial charge on any atom is -0.312 e. The molecule has 0 aromatic carbocycles. The molecule has 1 aromatic heterocycles. The molecule has 1 saturated heterocycles. The molecule has 0 amide bonds. The SMILES string of the molecule is Clc1ccc(CNCC2NCC3CCCC32)s1. The summed E-state index contributed by atoms with van der Waals surface area (Å²) in [6, 6.07) is 4.78. The molecule has 3 unspecified atom stereocenters. The molecule has 1 aliphatic carbocycles. The van der Waals surface area contributed by atoms with Gasteiger partial charge in [-0.25, -0.2) is 0 Å². The molecule has 2 N–H and O–H groups in total. The maximum atomic E-state index is 5.92. The fourth-order valence-corrected chi connectivity index (χ4v) is 4.38. The van der Waals surface area contributed by atoms with E-state index in [1.807, 2.05) is 6.07 Å². The van der Waals surface area contributed by atoms with Crippen LogP contribution in [-0.2, 0) is 6.54 Å². The van der Waals surface area contributed by atoms with Gasteiger partial charge in [0.05, 0.1) is 4.34 Å². The molecule has 2 fully saturated rings. The van der Waals surface area contributed by atoms with Gasteiger partial charge in [-0.3, -0.25) is 0 Å². The van der Waals surface area contributed by atoms with Gasteiger partial charge in [0.25, 0.3) is 0 Å². The average molecular weight is 271 g/mol. The zero-order valence-corrected chi connectivity index (χ0v) is 11.5. The van der Waals surface area contributed by atoms with Gasteiger partial charge in [-0.2, -0.15) is 0 Å². The van der Waals surface area contributed by atoms with Gasteiger partial charge in [0.15, 0.2) is 0 Å². The molecule has 0 spiro atoms. The van der Waals surface area contributed by atoms with Crippen molar-refractivity contribution in [1.82, 2.24) is 10.6 Å². The second-order valence-corrected chi connectivity index (χ2v) is 7.01. The van der Waals surface area contributed by atoms with E-state index in [1.54, 1.807) is 11.3 Å². The van der Waals surface area contributed by atoms with E-state index in [0.29, 0.717) is 6.04 Å². The predicted molar refractivity (Wildman–Crippen MR) is 73.7 cm³/mol. The maximum absolute atomic E-state index is 5.92. The maximum Gasteiger partial charge on any atom is 0.0931 e. The first kappa shape index (κ1) is 12.0. The lowest BCUT2D eigenvalue weighted by atomic mass is 9.94. The van der Waals surface area contributed by atoms with E-state index in [-0.39, 0.29) is 0 Å².